The summed E-state index contributed by atoms with van der Waals surface area (Å²) < 4.78 is 0. The van der Waals surface area contributed by atoms with Gasteiger partial charge in [0.1, 0.15) is 0 Å². The van der Waals surface area contributed by atoms with Gasteiger partial charge in [0.25, 0.3) is 0 Å². The predicted molar refractivity (Wildman–Crippen MR) is 72.9 cm³/mol. The van der Waals surface area contributed by atoms with Crippen LogP contribution in [0.2, 0.25) is 0 Å². The first-order valence-corrected chi connectivity index (χ1v) is 6.85. The maximum Gasteiger partial charge on any atom is 0.0707 e. The minimum absolute atomic E-state index is 0.298. The molecule has 1 atom stereocenters. The Morgan fingerprint density at radius 2 is 1.88 bits per heavy atom. The van der Waals surface area contributed by atoms with Gasteiger partial charge in [-0.3, -0.25) is 0 Å². The SMILES string of the molecule is O/N=C1\CC/C=C\CCC1Sc1ccccc1. The summed E-state index contributed by atoms with van der Waals surface area (Å²) in [6, 6.07) is 10.3. The Morgan fingerprint density at radius 1 is 1.12 bits per heavy atom. The maximum absolute atomic E-state index is 9.11. The Kier molecular flexibility index (Phi) is 4.68. The molecular formula is C14H17NOS. The lowest BCUT2D eigenvalue weighted by molar-refractivity contribution is 0.316. The molecule has 0 spiro atoms. The summed E-state index contributed by atoms with van der Waals surface area (Å²) in [7, 11) is 0. The molecule has 0 radical (unpaired) electrons. The van der Waals surface area contributed by atoms with Crippen LogP contribution in [0.1, 0.15) is 25.7 Å². The fourth-order valence-corrected chi connectivity index (χ4v) is 3.14. The van der Waals surface area contributed by atoms with Crippen LogP contribution in [0.4, 0.5) is 0 Å². The lowest BCUT2D eigenvalue weighted by atomic mass is 10.0. The first-order chi connectivity index (χ1) is 8.40. The molecule has 0 saturated carbocycles. The maximum atomic E-state index is 9.11. The van der Waals surface area contributed by atoms with E-state index in [0.29, 0.717) is 5.25 Å². The van der Waals surface area contributed by atoms with Crippen molar-refractivity contribution in [3.8, 4) is 0 Å². The number of oxime groups is 1. The van der Waals surface area contributed by atoms with E-state index in [-0.39, 0.29) is 0 Å². The topological polar surface area (TPSA) is 32.6 Å². The van der Waals surface area contributed by atoms with Gasteiger partial charge in [-0.15, -0.1) is 11.8 Å². The van der Waals surface area contributed by atoms with Crippen molar-refractivity contribution in [3.05, 3.63) is 42.5 Å². The zero-order valence-corrected chi connectivity index (χ0v) is 10.6. The molecule has 2 rings (SSSR count). The molecule has 0 heterocycles. The zero-order chi connectivity index (χ0) is 11.9. The third-order valence-electron chi connectivity index (χ3n) is 2.85. The Morgan fingerprint density at radius 3 is 2.65 bits per heavy atom. The van der Waals surface area contributed by atoms with Gasteiger partial charge >= 0.3 is 0 Å². The van der Waals surface area contributed by atoms with E-state index in [1.54, 1.807) is 11.8 Å². The molecule has 1 aromatic rings. The lowest BCUT2D eigenvalue weighted by Crippen LogP contribution is -2.18. The number of benzene rings is 1. The van der Waals surface area contributed by atoms with Crippen LogP contribution >= 0.6 is 11.8 Å². The van der Waals surface area contributed by atoms with Gasteiger partial charge in [-0.1, -0.05) is 35.5 Å². The summed E-state index contributed by atoms with van der Waals surface area (Å²) >= 11 is 1.80. The van der Waals surface area contributed by atoms with E-state index in [9.17, 15) is 0 Å². The summed E-state index contributed by atoms with van der Waals surface area (Å²) in [6.45, 7) is 0. The fraction of sp³-hybridized carbons (Fsp3) is 0.357. The Labute approximate surface area is 106 Å². The highest BCUT2D eigenvalue weighted by molar-refractivity contribution is 8.00. The van der Waals surface area contributed by atoms with Crippen molar-refractivity contribution in [3.63, 3.8) is 0 Å². The second-order valence-corrected chi connectivity index (χ2v) is 5.37. The van der Waals surface area contributed by atoms with Crippen LogP contribution in [0, 0.1) is 0 Å². The quantitative estimate of drug-likeness (QED) is 0.484. The molecular weight excluding hydrogens is 230 g/mol. The molecule has 0 amide bonds. The van der Waals surface area contributed by atoms with Gasteiger partial charge in [0.15, 0.2) is 0 Å². The lowest BCUT2D eigenvalue weighted by Gasteiger charge is -2.18. The minimum Gasteiger partial charge on any atom is -0.411 e. The van der Waals surface area contributed by atoms with Crippen molar-refractivity contribution in [1.29, 1.82) is 0 Å². The zero-order valence-electron chi connectivity index (χ0n) is 9.75. The average Bonchev–Trinajstić information content (AvgIpc) is 2.34. The van der Waals surface area contributed by atoms with Gasteiger partial charge in [-0.05, 0) is 37.8 Å². The van der Waals surface area contributed by atoms with E-state index in [1.165, 1.54) is 4.90 Å². The second-order valence-electron chi connectivity index (χ2n) is 4.10. The molecule has 3 heteroatoms. The van der Waals surface area contributed by atoms with Crippen molar-refractivity contribution < 1.29 is 5.21 Å². The Bertz CT molecular complexity index is 400. The largest absolute Gasteiger partial charge is 0.411 e. The van der Waals surface area contributed by atoms with Gasteiger partial charge < -0.3 is 5.21 Å². The Hall–Kier alpha value is -1.22. The van der Waals surface area contributed by atoms with Crippen molar-refractivity contribution in [2.45, 2.75) is 35.8 Å². The molecule has 17 heavy (non-hydrogen) atoms. The number of hydrogen-bond acceptors (Lipinski definition) is 3. The summed E-state index contributed by atoms with van der Waals surface area (Å²) in [5.74, 6) is 0. The van der Waals surface area contributed by atoms with Crippen LogP contribution in [-0.4, -0.2) is 16.2 Å². The van der Waals surface area contributed by atoms with E-state index in [2.05, 4.69) is 29.4 Å². The molecule has 90 valence electrons. The Balaban J connectivity index is 2.08. The highest BCUT2D eigenvalue weighted by Gasteiger charge is 2.18. The first-order valence-electron chi connectivity index (χ1n) is 5.97. The monoisotopic (exact) mass is 247 g/mol. The molecule has 1 N–H and O–H groups in total. The summed E-state index contributed by atoms with van der Waals surface area (Å²) in [4.78, 5) is 1.24. The van der Waals surface area contributed by atoms with E-state index < -0.39 is 0 Å². The van der Waals surface area contributed by atoms with Crippen molar-refractivity contribution >= 4 is 17.5 Å². The number of rotatable bonds is 2. The van der Waals surface area contributed by atoms with Crippen LogP contribution in [0.15, 0.2) is 52.5 Å². The van der Waals surface area contributed by atoms with Crippen LogP contribution in [0.25, 0.3) is 0 Å². The number of nitrogens with zero attached hydrogens (tertiary/aromatic N) is 1. The summed E-state index contributed by atoms with van der Waals surface area (Å²) in [5.41, 5.74) is 0.920. The van der Waals surface area contributed by atoms with Crippen molar-refractivity contribution in [2.24, 2.45) is 5.16 Å². The van der Waals surface area contributed by atoms with Crippen LogP contribution in [0.5, 0.6) is 0 Å². The highest BCUT2D eigenvalue weighted by Crippen LogP contribution is 2.29. The molecule has 0 aromatic heterocycles. The highest BCUT2D eigenvalue weighted by atomic mass is 32.2. The third-order valence-corrected chi connectivity index (χ3v) is 4.19. The molecule has 0 bridgehead atoms. The van der Waals surface area contributed by atoms with Gasteiger partial charge in [0.2, 0.25) is 0 Å². The molecule has 0 aliphatic heterocycles. The van der Waals surface area contributed by atoms with Gasteiger partial charge in [-0.25, -0.2) is 0 Å². The van der Waals surface area contributed by atoms with Crippen molar-refractivity contribution in [1.82, 2.24) is 0 Å². The number of thioether (sulfide) groups is 1. The molecule has 0 saturated heterocycles. The second kappa shape index (κ2) is 6.50. The van der Waals surface area contributed by atoms with E-state index in [0.717, 1.165) is 31.4 Å². The molecule has 2 nitrogen and oxygen atoms in total. The molecule has 1 aromatic carbocycles. The predicted octanol–water partition coefficient (Wildman–Crippen LogP) is 4.11. The van der Waals surface area contributed by atoms with Gasteiger partial charge in [-0.2, -0.15) is 0 Å². The van der Waals surface area contributed by atoms with Gasteiger partial charge in [0, 0.05) is 4.90 Å². The molecule has 1 unspecified atom stereocenters. The van der Waals surface area contributed by atoms with E-state index in [4.69, 9.17) is 5.21 Å². The van der Waals surface area contributed by atoms with E-state index in [1.807, 2.05) is 18.2 Å². The molecule has 1 aliphatic rings. The normalized spacial score (nSPS) is 25.2. The number of hydrogen-bond donors (Lipinski definition) is 1. The fourth-order valence-electron chi connectivity index (χ4n) is 1.95. The standard InChI is InChI=1S/C14H17NOS/c16-15-13-10-6-1-2-7-11-14(13)17-12-8-4-3-5-9-12/h1-5,8-9,14,16H,6-7,10-11H2/b2-1-,15-13+. The number of allylic oxidation sites excluding steroid dienone is 2. The van der Waals surface area contributed by atoms with Crippen molar-refractivity contribution in [2.75, 3.05) is 0 Å². The summed E-state index contributed by atoms with van der Waals surface area (Å²) in [6.07, 6.45) is 8.34. The average molecular weight is 247 g/mol. The van der Waals surface area contributed by atoms with Crippen LogP contribution in [-0.2, 0) is 0 Å². The summed E-state index contributed by atoms with van der Waals surface area (Å²) in [5, 5.41) is 12.9. The van der Waals surface area contributed by atoms with Crippen LogP contribution in [0.3, 0.4) is 0 Å². The molecule has 1 aliphatic carbocycles. The van der Waals surface area contributed by atoms with Gasteiger partial charge in [0.05, 0.1) is 11.0 Å². The first kappa shape index (κ1) is 12.2. The van der Waals surface area contributed by atoms with Crippen LogP contribution < -0.4 is 0 Å². The minimum atomic E-state index is 0.298. The van der Waals surface area contributed by atoms with E-state index >= 15 is 0 Å². The smallest absolute Gasteiger partial charge is 0.0707 e. The molecule has 0 fully saturated rings. The third kappa shape index (κ3) is 3.63.